The molecule has 116 valence electrons. The summed E-state index contributed by atoms with van der Waals surface area (Å²) in [5, 5.41) is 3.83. The molecule has 3 heteroatoms. The van der Waals surface area contributed by atoms with Crippen molar-refractivity contribution in [3.05, 3.63) is 35.9 Å². The summed E-state index contributed by atoms with van der Waals surface area (Å²) in [4.78, 5) is 2.60. The van der Waals surface area contributed by atoms with Gasteiger partial charge in [0.2, 0.25) is 0 Å². The van der Waals surface area contributed by atoms with Crippen LogP contribution in [0.2, 0.25) is 0 Å². The standard InChI is InChI=1S/C18H28N2O/c1-14-8-17(19-18-9-15(2)21-13-18)12-20(10-14)11-16-6-4-3-5-7-16/h3-7,14-15,17-19H,8-13H2,1-2H3. The fourth-order valence-electron chi connectivity index (χ4n) is 3.82. The average Bonchev–Trinajstić information content (AvgIpc) is 2.84. The average molecular weight is 288 g/mol. The molecule has 0 bridgehead atoms. The topological polar surface area (TPSA) is 24.5 Å². The maximum atomic E-state index is 5.68. The summed E-state index contributed by atoms with van der Waals surface area (Å²) in [7, 11) is 0. The van der Waals surface area contributed by atoms with Gasteiger partial charge in [0.05, 0.1) is 12.7 Å². The fourth-order valence-corrected chi connectivity index (χ4v) is 3.82. The summed E-state index contributed by atoms with van der Waals surface area (Å²) in [6, 6.07) is 12.0. The third kappa shape index (κ3) is 4.29. The lowest BCUT2D eigenvalue weighted by molar-refractivity contribution is 0.113. The molecule has 2 fully saturated rings. The molecular weight excluding hydrogens is 260 g/mol. The lowest BCUT2D eigenvalue weighted by Gasteiger charge is -2.38. The molecular formula is C18H28N2O. The molecule has 3 nitrogen and oxygen atoms in total. The van der Waals surface area contributed by atoms with Gasteiger partial charge in [-0.1, -0.05) is 37.3 Å². The van der Waals surface area contributed by atoms with Gasteiger partial charge in [0, 0.05) is 31.7 Å². The third-order valence-corrected chi connectivity index (χ3v) is 4.65. The summed E-state index contributed by atoms with van der Waals surface area (Å²) in [5.74, 6) is 0.764. The molecule has 0 amide bonds. The Balaban J connectivity index is 1.54. The second-order valence-electron chi connectivity index (χ2n) is 6.96. The predicted molar refractivity (Wildman–Crippen MR) is 86.2 cm³/mol. The number of rotatable bonds is 4. The first kappa shape index (κ1) is 15.0. The zero-order valence-corrected chi connectivity index (χ0v) is 13.3. The van der Waals surface area contributed by atoms with Crippen molar-refractivity contribution >= 4 is 0 Å². The van der Waals surface area contributed by atoms with Gasteiger partial charge in [0.25, 0.3) is 0 Å². The molecule has 2 aliphatic heterocycles. The number of benzene rings is 1. The van der Waals surface area contributed by atoms with Crippen molar-refractivity contribution in [2.75, 3.05) is 19.7 Å². The largest absolute Gasteiger partial charge is 0.377 e. The molecule has 0 aliphatic carbocycles. The second-order valence-corrected chi connectivity index (χ2v) is 6.96. The van der Waals surface area contributed by atoms with E-state index in [9.17, 15) is 0 Å². The first-order chi connectivity index (χ1) is 10.2. The van der Waals surface area contributed by atoms with E-state index in [4.69, 9.17) is 4.74 Å². The highest BCUT2D eigenvalue weighted by atomic mass is 16.5. The van der Waals surface area contributed by atoms with Crippen LogP contribution in [0.3, 0.4) is 0 Å². The highest BCUT2D eigenvalue weighted by Crippen LogP contribution is 2.21. The Kier molecular flexibility index (Phi) is 4.94. The van der Waals surface area contributed by atoms with Crippen molar-refractivity contribution in [3.63, 3.8) is 0 Å². The SMILES string of the molecule is CC1CC(NC2COC(C)C2)CN(Cc2ccccc2)C1. The minimum absolute atomic E-state index is 0.420. The Morgan fingerprint density at radius 1 is 1.10 bits per heavy atom. The smallest absolute Gasteiger partial charge is 0.0624 e. The van der Waals surface area contributed by atoms with Crippen LogP contribution in [0.5, 0.6) is 0 Å². The molecule has 0 spiro atoms. The summed E-state index contributed by atoms with van der Waals surface area (Å²) in [5.41, 5.74) is 1.42. The molecule has 0 radical (unpaired) electrons. The zero-order chi connectivity index (χ0) is 14.7. The minimum atomic E-state index is 0.420. The van der Waals surface area contributed by atoms with Crippen molar-refractivity contribution in [1.82, 2.24) is 10.2 Å². The Hall–Kier alpha value is -0.900. The fraction of sp³-hybridized carbons (Fsp3) is 0.667. The van der Waals surface area contributed by atoms with Gasteiger partial charge in [-0.25, -0.2) is 0 Å². The van der Waals surface area contributed by atoms with E-state index in [0.29, 0.717) is 18.2 Å². The van der Waals surface area contributed by atoms with Crippen LogP contribution < -0.4 is 5.32 Å². The summed E-state index contributed by atoms with van der Waals surface area (Å²) < 4.78 is 5.68. The molecule has 4 atom stereocenters. The van der Waals surface area contributed by atoms with Crippen LogP contribution >= 0.6 is 0 Å². The molecule has 3 rings (SSSR count). The molecule has 1 N–H and O–H groups in total. The van der Waals surface area contributed by atoms with Crippen LogP contribution in [-0.2, 0) is 11.3 Å². The highest BCUT2D eigenvalue weighted by molar-refractivity contribution is 5.14. The zero-order valence-electron chi connectivity index (χ0n) is 13.3. The van der Waals surface area contributed by atoms with Gasteiger partial charge in [-0.15, -0.1) is 0 Å². The van der Waals surface area contributed by atoms with Gasteiger partial charge in [-0.3, -0.25) is 4.90 Å². The van der Waals surface area contributed by atoms with Crippen molar-refractivity contribution < 1.29 is 4.74 Å². The van der Waals surface area contributed by atoms with Crippen LogP contribution in [0.1, 0.15) is 32.3 Å². The number of nitrogens with one attached hydrogen (secondary N) is 1. The van der Waals surface area contributed by atoms with Crippen LogP contribution in [0.15, 0.2) is 30.3 Å². The van der Waals surface area contributed by atoms with Crippen molar-refractivity contribution in [2.45, 2.75) is 51.4 Å². The number of ether oxygens (including phenoxy) is 1. The van der Waals surface area contributed by atoms with Gasteiger partial charge in [0.15, 0.2) is 0 Å². The normalized spacial score (nSPS) is 34.2. The van der Waals surface area contributed by atoms with Gasteiger partial charge in [0.1, 0.15) is 0 Å². The number of hydrogen-bond donors (Lipinski definition) is 1. The van der Waals surface area contributed by atoms with Gasteiger partial charge in [-0.2, -0.15) is 0 Å². The van der Waals surface area contributed by atoms with Crippen LogP contribution in [0.4, 0.5) is 0 Å². The molecule has 2 heterocycles. The van der Waals surface area contributed by atoms with E-state index in [1.165, 1.54) is 18.5 Å². The van der Waals surface area contributed by atoms with E-state index in [2.05, 4.69) is 54.4 Å². The number of likely N-dealkylation sites (tertiary alicyclic amines) is 1. The van der Waals surface area contributed by atoms with E-state index in [1.807, 2.05) is 0 Å². The van der Waals surface area contributed by atoms with Gasteiger partial charge < -0.3 is 10.1 Å². The maximum absolute atomic E-state index is 5.68. The Labute approximate surface area is 128 Å². The molecule has 21 heavy (non-hydrogen) atoms. The minimum Gasteiger partial charge on any atom is -0.377 e. The van der Waals surface area contributed by atoms with E-state index in [1.54, 1.807) is 0 Å². The second kappa shape index (κ2) is 6.91. The summed E-state index contributed by atoms with van der Waals surface area (Å²) in [6.07, 6.45) is 2.86. The van der Waals surface area contributed by atoms with Crippen molar-refractivity contribution in [2.24, 2.45) is 5.92 Å². The number of hydrogen-bond acceptors (Lipinski definition) is 3. The molecule has 0 aromatic heterocycles. The third-order valence-electron chi connectivity index (χ3n) is 4.65. The molecule has 1 aromatic rings. The molecule has 2 aliphatic rings. The van der Waals surface area contributed by atoms with E-state index >= 15 is 0 Å². The van der Waals surface area contributed by atoms with Crippen LogP contribution in [-0.4, -0.2) is 42.8 Å². The monoisotopic (exact) mass is 288 g/mol. The Morgan fingerprint density at radius 2 is 1.90 bits per heavy atom. The number of piperidine rings is 1. The van der Waals surface area contributed by atoms with E-state index in [-0.39, 0.29) is 0 Å². The lowest BCUT2D eigenvalue weighted by Crippen LogP contribution is -2.51. The van der Waals surface area contributed by atoms with Crippen LogP contribution in [0.25, 0.3) is 0 Å². The predicted octanol–water partition coefficient (Wildman–Crippen LogP) is 2.66. The molecule has 1 aromatic carbocycles. The molecule has 4 unspecified atom stereocenters. The van der Waals surface area contributed by atoms with Crippen LogP contribution in [0, 0.1) is 5.92 Å². The summed E-state index contributed by atoms with van der Waals surface area (Å²) in [6.45, 7) is 8.87. The number of nitrogens with zero attached hydrogens (tertiary/aromatic N) is 1. The Bertz CT molecular complexity index is 436. The van der Waals surface area contributed by atoms with E-state index < -0.39 is 0 Å². The van der Waals surface area contributed by atoms with Gasteiger partial charge in [-0.05, 0) is 31.2 Å². The Morgan fingerprint density at radius 3 is 2.62 bits per heavy atom. The van der Waals surface area contributed by atoms with Gasteiger partial charge >= 0.3 is 0 Å². The van der Waals surface area contributed by atoms with Crippen molar-refractivity contribution in [3.8, 4) is 0 Å². The van der Waals surface area contributed by atoms with Crippen molar-refractivity contribution in [1.29, 1.82) is 0 Å². The quantitative estimate of drug-likeness (QED) is 0.922. The first-order valence-electron chi connectivity index (χ1n) is 8.33. The highest BCUT2D eigenvalue weighted by Gasteiger charge is 2.29. The first-order valence-corrected chi connectivity index (χ1v) is 8.33. The van der Waals surface area contributed by atoms with E-state index in [0.717, 1.165) is 32.0 Å². The molecule has 0 saturated carbocycles. The molecule has 2 saturated heterocycles. The maximum Gasteiger partial charge on any atom is 0.0624 e. The lowest BCUT2D eigenvalue weighted by atomic mass is 9.94. The summed E-state index contributed by atoms with van der Waals surface area (Å²) >= 11 is 0.